The van der Waals surface area contributed by atoms with E-state index in [0.717, 1.165) is 15.2 Å². The van der Waals surface area contributed by atoms with Crippen LogP contribution in [0.5, 0.6) is 0 Å². The number of benzene rings is 2. The van der Waals surface area contributed by atoms with E-state index in [2.05, 4.69) is 15.3 Å². The van der Waals surface area contributed by atoms with Gasteiger partial charge in [-0.3, -0.25) is 9.10 Å². The zero-order valence-electron chi connectivity index (χ0n) is 20.6. The van der Waals surface area contributed by atoms with Gasteiger partial charge in [0, 0.05) is 34.9 Å². The van der Waals surface area contributed by atoms with E-state index in [1.165, 1.54) is 18.2 Å². The Labute approximate surface area is 225 Å². The third-order valence-electron chi connectivity index (χ3n) is 5.19. The van der Waals surface area contributed by atoms with Crippen LogP contribution in [0.25, 0.3) is 16.7 Å². The molecule has 0 fully saturated rings. The Morgan fingerprint density at radius 2 is 1.78 bits per heavy atom. The van der Waals surface area contributed by atoms with Crippen LogP contribution in [0.15, 0.2) is 65.8 Å². The number of fused-ring (bicyclic) bond motifs is 1. The summed E-state index contributed by atoms with van der Waals surface area (Å²) in [7, 11) is -2.52. The van der Waals surface area contributed by atoms with Gasteiger partial charge in [-0.2, -0.15) is 4.98 Å². The summed E-state index contributed by atoms with van der Waals surface area (Å²) in [5.41, 5.74) is 0.257. The van der Waals surface area contributed by atoms with Gasteiger partial charge in [-0.25, -0.2) is 13.4 Å². The van der Waals surface area contributed by atoms with Gasteiger partial charge in [0.05, 0.1) is 16.1 Å². The number of esters is 1. The predicted octanol–water partition coefficient (Wildman–Crippen LogP) is 5.31. The molecule has 0 saturated carbocycles. The average molecular weight is 562 g/mol. The first-order valence-corrected chi connectivity index (χ1v) is 13.4. The molecule has 4 aromatic rings. The Balaban J connectivity index is 1.80. The fourth-order valence-corrected chi connectivity index (χ4v) is 5.83. The van der Waals surface area contributed by atoms with Gasteiger partial charge in [0.1, 0.15) is 18.0 Å². The smallest absolute Gasteiger partial charge is 0.327 e. The highest BCUT2D eigenvalue weighted by Crippen LogP contribution is 2.31. The second-order valence-corrected chi connectivity index (χ2v) is 11.9. The molecule has 1 N–H and O–H groups in total. The van der Waals surface area contributed by atoms with Crippen molar-refractivity contribution in [3.8, 4) is 5.82 Å². The molecule has 0 atom stereocenters. The summed E-state index contributed by atoms with van der Waals surface area (Å²) < 4.78 is 35.7. The summed E-state index contributed by atoms with van der Waals surface area (Å²) >= 11 is 12.2. The Hall–Kier alpha value is -3.34. The van der Waals surface area contributed by atoms with Crippen molar-refractivity contribution >= 4 is 61.7 Å². The summed E-state index contributed by atoms with van der Waals surface area (Å²) in [6.07, 6.45) is 3.46. The lowest BCUT2D eigenvalue weighted by Crippen LogP contribution is -2.39. The van der Waals surface area contributed by atoms with Crippen molar-refractivity contribution in [1.29, 1.82) is 0 Å². The second kappa shape index (κ2) is 10.2. The van der Waals surface area contributed by atoms with Crippen molar-refractivity contribution in [2.24, 2.45) is 0 Å². The standard InChI is InChI=1S/C25H25Cl2N5O4S/c1-25(2,3)36-23(33)15-32(37(34,35)20-13-17(26)12-18(27)14-20)19-5-6-21-16(11-19)8-10-31(21)22-7-9-29-24(28-4)30-22/h5-14H,15H2,1-4H3,(H,28,29,30). The number of hydrogen-bond acceptors (Lipinski definition) is 7. The van der Waals surface area contributed by atoms with Crippen molar-refractivity contribution in [2.45, 2.75) is 31.3 Å². The third kappa shape index (κ3) is 5.98. The fourth-order valence-electron chi connectivity index (χ4n) is 3.70. The fraction of sp³-hybridized carbons (Fsp3) is 0.240. The molecule has 0 unspecified atom stereocenters. The predicted molar refractivity (Wildman–Crippen MR) is 145 cm³/mol. The summed E-state index contributed by atoms with van der Waals surface area (Å²) in [4.78, 5) is 21.2. The van der Waals surface area contributed by atoms with E-state index in [9.17, 15) is 13.2 Å². The van der Waals surface area contributed by atoms with Crippen LogP contribution in [0.1, 0.15) is 20.8 Å². The number of anilines is 2. The van der Waals surface area contributed by atoms with E-state index < -0.39 is 28.1 Å². The molecule has 4 rings (SSSR count). The average Bonchev–Trinajstić information content (AvgIpc) is 3.24. The Morgan fingerprint density at radius 3 is 2.43 bits per heavy atom. The van der Waals surface area contributed by atoms with Gasteiger partial charge in [0.25, 0.3) is 10.0 Å². The molecule has 0 radical (unpaired) electrons. The SMILES string of the molecule is CNc1nccc(-n2ccc3cc(N(CC(=O)OC(C)(C)C)S(=O)(=O)c4cc(Cl)cc(Cl)c4)ccc32)n1. The quantitative estimate of drug-likeness (QED) is 0.305. The lowest BCUT2D eigenvalue weighted by atomic mass is 10.2. The minimum atomic E-state index is -4.24. The van der Waals surface area contributed by atoms with Crippen molar-refractivity contribution in [1.82, 2.24) is 14.5 Å². The van der Waals surface area contributed by atoms with Crippen LogP contribution < -0.4 is 9.62 Å². The molecule has 9 nitrogen and oxygen atoms in total. The van der Waals surface area contributed by atoms with Crippen LogP contribution in [-0.4, -0.2) is 48.1 Å². The molecule has 0 saturated heterocycles. The maximum Gasteiger partial charge on any atom is 0.327 e. The maximum atomic E-state index is 13.7. The largest absolute Gasteiger partial charge is 0.459 e. The highest BCUT2D eigenvalue weighted by molar-refractivity contribution is 7.92. The molecule has 2 aromatic carbocycles. The monoisotopic (exact) mass is 561 g/mol. The lowest BCUT2D eigenvalue weighted by molar-refractivity contribution is -0.152. The van der Waals surface area contributed by atoms with E-state index in [0.29, 0.717) is 11.8 Å². The number of halogens is 2. The Kier molecular flexibility index (Phi) is 7.36. The number of carbonyl (C=O) groups excluding carboxylic acids is 1. The summed E-state index contributed by atoms with van der Waals surface area (Å²) in [6.45, 7) is 4.58. The zero-order valence-corrected chi connectivity index (χ0v) is 22.9. The first kappa shape index (κ1) is 26.7. The van der Waals surface area contributed by atoms with Crippen molar-refractivity contribution < 1.29 is 17.9 Å². The van der Waals surface area contributed by atoms with Crippen LogP contribution in [-0.2, 0) is 19.6 Å². The second-order valence-electron chi connectivity index (χ2n) is 9.12. The molecule has 12 heteroatoms. The molecule has 0 aliphatic heterocycles. The summed E-state index contributed by atoms with van der Waals surface area (Å²) in [5, 5.41) is 3.94. The number of carbonyl (C=O) groups is 1. The van der Waals surface area contributed by atoms with Gasteiger partial charge in [0.15, 0.2) is 0 Å². The molecule has 0 spiro atoms. The number of nitrogens with one attached hydrogen (secondary N) is 1. The molecule has 2 heterocycles. The van der Waals surface area contributed by atoms with Crippen molar-refractivity contribution in [3.63, 3.8) is 0 Å². The molecule has 0 amide bonds. The van der Waals surface area contributed by atoms with E-state index in [4.69, 9.17) is 27.9 Å². The Morgan fingerprint density at radius 1 is 1.08 bits per heavy atom. The number of nitrogens with zero attached hydrogens (tertiary/aromatic N) is 4. The number of aromatic nitrogens is 3. The van der Waals surface area contributed by atoms with Gasteiger partial charge >= 0.3 is 5.97 Å². The number of ether oxygens (including phenoxy) is 1. The normalized spacial score (nSPS) is 11.9. The van der Waals surface area contributed by atoms with Gasteiger partial charge in [-0.1, -0.05) is 23.2 Å². The molecule has 194 valence electrons. The van der Waals surface area contributed by atoms with Crippen LogP contribution in [0.4, 0.5) is 11.6 Å². The lowest BCUT2D eigenvalue weighted by Gasteiger charge is -2.26. The highest BCUT2D eigenvalue weighted by Gasteiger charge is 2.30. The molecular weight excluding hydrogens is 537 g/mol. The van der Waals surface area contributed by atoms with Gasteiger partial charge in [-0.05, 0) is 69.3 Å². The molecule has 0 bridgehead atoms. The van der Waals surface area contributed by atoms with E-state index >= 15 is 0 Å². The van der Waals surface area contributed by atoms with E-state index in [-0.39, 0.29) is 20.6 Å². The van der Waals surface area contributed by atoms with E-state index in [1.54, 1.807) is 58.3 Å². The topological polar surface area (TPSA) is 106 Å². The van der Waals surface area contributed by atoms with Crippen molar-refractivity contribution in [2.75, 3.05) is 23.2 Å². The molecular formula is C25H25Cl2N5O4S. The number of hydrogen-bond donors (Lipinski definition) is 1. The maximum absolute atomic E-state index is 13.7. The molecule has 37 heavy (non-hydrogen) atoms. The zero-order chi connectivity index (χ0) is 27.0. The minimum Gasteiger partial charge on any atom is -0.459 e. The Bertz CT molecular complexity index is 1560. The number of rotatable bonds is 7. The van der Waals surface area contributed by atoms with Gasteiger partial charge in [0.2, 0.25) is 5.95 Å². The summed E-state index contributed by atoms with van der Waals surface area (Å²) in [6, 6.07) is 12.6. The molecule has 0 aliphatic rings. The van der Waals surface area contributed by atoms with Crippen LogP contribution in [0.2, 0.25) is 10.0 Å². The van der Waals surface area contributed by atoms with Crippen molar-refractivity contribution in [3.05, 3.63) is 71.0 Å². The van der Waals surface area contributed by atoms with Gasteiger partial charge < -0.3 is 14.6 Å². The third-order valence-corrected chi connectivity index (χ3v) is 7.38. The first-order valence-electron chi connectivity index (χ1n) is 11.2. The minimum absolute atomic E-state index is 0.146. The van der Waals surface area contributed by atoms with Crippen LogP contribution >= 0.6 is 23.2 Å². The van der Waals surface area contributed by atoms with E-state index in [1.807, 2.05) is 16.8 Å². The van der Waals surface area contributed by atoms with Gasteiger partial charge in [-0.15, -0.1) is 0 Å². The van der Waals surface area contributed by atoms with Crippen LogP contribution in [0, 0.1) is 0 Å². The van der Waals surface area contributed by atoms with Crippen LogP contribution in [0.3, 0.4) is 0 Å². The first-order chi connectivity index (χ1) is 17.4. The molecule has 0 aliphatic carbocycles. The highest BCUT2D eigenvalue weighted by atomic mass is 35.5. The molecule has 2 aromatic heterocycles. The number of sulfonamides is 1. The summed E-state index contributed by atoms with van der Waals surface area (Å²) in [5.74, 6) is 0.391.